The van der Waals surface area contributed by atoms with Gasteiger partial charge in [0, 0.05) is 13.5 Å². The van der Waals surface area contributed by atoms with Crippen LogP contribution in [0.1, 0.15) is 44.6 Å². The van der Waals surface area contributed by atoms with E-state index in [1.807, 2.05) is 11.6 Å². The van der Waals surface area contributed by atoms with Crippen molar-refractivity contribution in [2.24, 2.45) is 13.0 Å². The third-order valence-corrected chi connectivity index (χ3v) is 3.63. The summed E-state index contributed by atoms with van der Waals surface area (Å²) in [5, 5.41) is 9.15. The average molecular weight is 326 g/mol. The summed E-state index contributed by atoms with van der Waals surface area (Å²) in [5.41, 5.74) is 0.744. The Hall–Kier alpha value is -1.89. The Morgan fingerprint density at radius 2 is 2.00 bits per heavy atom. The minimum atomic E-state index is -0.494. The first-order chi connectivity index (χ1) is 11.0. The van der Waals surface area contributed by atoms with E-state index in [1.165, 1.54) is 0 Å². The maximum atomic E-state index is 12.0. The van der Waals surface area contributed by atoms with Gasteiger partial charge >= 0.3 is 11.9 Å². The van der Waals surface area contributed by atoms with Crippen molar-refractivity contribution in [1.29, 1.82) is 0 Å². The molecule has 0 spiro atoms. The van der Waals surface area contributed by atoms with Crippen LogP contribution in [0.25, 0.3) is 0 Å². The average Bonchev–Trinajstić information content (AvgIpc) is 2.87. The van der Waals surface area contributed by atoms with Gasteiger partial charge in [0.15, 0.2) is 0 Å². The van der Waals surface area contributed by atoms with Gasteiger partial charge in [-0.2, -0.15) is 0 Å². The number of hydrogen-bond donors (Lipinski definition) is 1. The molecule has 0 saturated heterocycles. The van der Waals surface area contributed by atoms with Crippen molar-refractivity contribution in [3.63, 3.8) is 0 Å². The lowest BCUT2D eigenvalue weighted by molar-refractivity contribution is -0.155. The number of esters is 2. The molecule has 0 amide bonds. The first kappa shape index (κ1) is 19.2. The lowest BCUT2D eigenvalue weighted by Gasteiger charge is -2.14. The minimum Gasteiger partial charge on any atom is -0.466 e. The fourth-order valence-corrected chi connectivity index (χ4v) is 2.36. The van der Waals surface area contributed by atoms with Crippen LogP contribution in [0.4, 0.5) is 0 Å². The summed E-state index contributed by atoms with van der Waals surface area (Å²) in [6, 6.07) is 0. The van der Waals surface area contributed by atoms with Crippen LogP contribution < -0.4 is 0 Å². The maximum Gasteiger partial charge on any atom is 0.309 e. The van der Waals surface area contributed by atoms with Gasteiger partial charge in [0.1, 0.15) is 5.82 Å². The number of ether oxygens (including phenoxy) is 2. The van der Waals surface area contributed by atoms with E-state index in [1.54, 1.807) is 20.0 Å². The summed E-state index contributed by atoms with van der Waals surface area (Å²) in [6.45, 7) is 4.00. The number of hydrogen-bond acceptors (Lipinski definition) is 6. The lowest BCUT2D eigenvalue weighted by Crippen LogP contribution is -2.22. The molecule has 1 aromatic rings. The Kier molecular flexibility index (Phi) is 8.32. The van der Waals surface area contributed by atoms with E-state index in [0.717, 1.165) is 11.5 Å². The van der Waals surface area contributed by atoms with Gasteiger partial charge in [0.05, 0.1) is 44.1 Å². The predicted octanol–water partition coefficient (Wildman–Crippen LogP) is 1.37. The van der Waals surface area contributed by atoms with Crippen molar-refractivity contribution in [2.75, 3.05) is 13.2 Å². The molecule has 0 aliphatic rings. The highest BCUT2D eigenvalue weighted by atomic mass is 16.5. The highest BCUT2D eigenvalue weighted by molar-refractivity contribution is 5.79. The zero-order chi connectivity index (χ0) is 17.2. The molecule has 1 unspecified atom stereocenters. The Morgan fingerprint density at radius 3 is 2.57 bits per heavy atom. The number of nitrogens with zero attached hydrogens (tertiary/aromatic N) is 2. The number of carbonyl (C=O) groups is 2. The smallest absolute Gasteiger partial charge is 0.309 e. The van der Waals surface area contributed by atoms with Crippen LogP contribution in [-0.2, 0) is 39.1 Å². The summed E-state index contributed by atoms with van der Waals surface area (Å²) in [5.74, 6) is -0.402. The van der Waals surface area contributed by atoms with Gasteiger partial charge in [-0.05, 0) is 26.7 Å². The molecule has 0 saturated carbocycles. The molecule has 0 radical (unpaired) electrons. The van der Waals surface area contributed by atoms with Gasteiger partial charge in [-0.3, -0.25) is 9.59 Å². The normalized spacial score (nSPS) is 12.0. The van der Waals surface area contributed by atoms with E-state index < -0.39 is 5.92 Å². The van der Waals surface area contributed by atoms with Crippen molar-refractivity contribution < 1.29 is 24.2 Å². The van der Waals surface area contributed by atoms with Crippen molar-refractivity contribution in [3.8, 4) is 0 Å². The molecule has 130 valence electrons. The molecular formula is C16H26N2O5. The highest BCUT2D eigenvalue weighted by Crippen LogP contribution is 2.17. The fourth-order valence-electron chi connectivity index (χ4n) is 2.36. The SMILES string of the molecule is CCOC(=O)CC(CCCc1ncc(CO)n1C)C(=O)OCC. The third kappa shape index (κ3) is 6.02. The second-order valence-corrected chi connectivity index (χ2v) is 5.23. The molecule has 0 bridgehead atoms. The summed E-state index contributed by atoms with van der Waals surface area (Å²) < 4.78 is 11.8. The molecule has 7 nitrogen and oxygen atoms in total. The van der Waals surface area contributed by atoms with E-state index in [9.17, 15) is 9.59 Å². The molecule has 1 rings (SSSR count). The fraction of sp³-hybridized carbons (Fsp3) is 0.688. The number of aliphatic hydroxyl groups excluding tert-OH is 1. The molecule has 0 aliphatic heterocycles. The largest absolute Gasteiger partial charge is 0.466 e. The van der Waals surface area contributed by atoms with Crippen LogP contribution in [0, 0.1) is 5.92 Å². The topological polar surface area (TPSA) is 90.6 Å². The standard InChI is InChI=1S/C16H26N2O5/c1-4-22-15(20)9-12(16(21)23-5-2)7-6-8-14-17-10-13(11-19)18(14)3/h10,12,19H,4-9,11H2,1-3H3. The van der Waals surface area contributed by atoms with Crippen molar-refractivity contribution in [3.05, 3.63) is 17.7 Å². The molecule has 0 aliphatic carbocycles. The lowest BCUT2D eigenvalue weighted by atomic mass is 9.98. The van der Waals surface area contributed by atoms with E-state index >= 15 is 0 Å². The maximum absolute atomic E-state index is 12.0. The Morgan fingerprint density at radius 1 is 1.30 bits per heavy atom. The molecule has 1 aromatic heterocycles. The van der Waals surface area contributed by atoms with E-state index in [4.69, 9.17) is 14.6 Å². The molecule has 0 aromatic carbocycles. The number of aliphatic hydroxyl groups is 1. The van der Waals surface area contributed by atoms with Gasteiger partial charge in [0.2, 0.25) is 0 Å². The van der Waals surface area contributed by atoms with Gasteiger partial charge in [-0.1, -0.05) is 0 Å². The Bertz CT molecular complexity index is 513. The summed E-state index contributed by atoms with van der Waals surface area (Å²) in [6.07, 6.45) is 3.55. The molecule has 1 atom stereocenters. The number of carbonyl (C=O) groups excluding carboxylic acids is 2. The quantitative estimate of drug-likeness (QED) is 0.653. The van der Waals surface area contributed by atoms with Crippen molar-refractivity contribution in [1.82, 2.24) is 9.55 Å². The number of imidazole rings is 1. The van der Waals surface area contributed by atoms with Crippen LogP contribution in [0.3, 0.4) is 0 Å². The van der Waals surface area contributed by atoms with Crippen molar-refractivity contribution in [2.45, 2.75) is 46.1 Å². The van der Waals surface area contributed by atoms with Gasteiger partial charge in [0.25, 0.3) is 0 Å². The molecule has 1 N–H and O–H groups in total. The minimum absolute atomic E-state index is 0.0368. The van der Waals surface area contributed by atoms with Gasteiger partial charge < -0.3 is 19.1 Å². The highest BCUT2D eigenvalue weighted by Gasteiger charge is 2.23. The van der Waals surface area contributed by atoms with Crippen LogP contribution in [0.5, 0.6) is 0 Å². The molecule has 23 heavy (non-hydrogen) atoms. The Balaban J connectivity index is 2.57. The first-order valence-electron chi connectivity index (χ1n) is 7.96. The first-order valence-corrected chi connectivity index (χ1v) is 7.96. The molecule has 7 heteroatoms. The second-order valence-electron chi connectivity index (χ2n) is 5.23. The number of aromatic nitrogens is 2. The van der Waals surface area contributed by atoms with Gasteiger partial charge in [-0.25, -0.2) is 4.98 Å². The summed E-state index contributed by atoms with van der Waals surface area (Å²) in [4.78, 5) is 27.8. The van der Waals surface area contributed by atoms with Crippen LogP contribution in [-0.4, -0.2) is 39.8 Å². The van der Waals surface area contributed by atoms with Crippen LogP contribution >= 0.6 is 0 Å². The summed E-state index contributed by atoms with van der Waals surface area (Å²) in [7, 11) is 1.84. The molecule has 0 fully saturated rings. The number of rotatable bonds is 10. The van der Waals surface area contributed by atoms with Gasteiger partial charge in [-0.15, -0.1) is 0 Å². The van der Waals surface area contributed by atoms with E-state index in [2.05, 4.69) is 4.98 Å². The monoisotopic (exact) mass is 326 g/mol. The molecule has 1 heterocycles. The zero-order valence-corrected chi connectivity index (χ0v) is 14.1. The van der Waals surface area contributed by atoms with Crippen LogP contribution in [0.2, 0.25) is 0 Å². The summed E-state index contributed by atoms with van der Waals surface area (Å²) >= 11 is 0. The molecular weight excluding hydrogens is 300 g/mol. The van der Waals surface area contributed by atoms with Crippen LogP contribution in [0.15, 0.2) is 6.20 Å². The predicted molar refractivity (Wildman–Crippen MR) is 83.4 cm³/mol. The van der Waals surface area contributed by atoms with Crippen molar-refractivity contribution >= 4 is 11.9 Å². The van der Waals surface area contributed by atoms with E-state index in [0.29, 0.717) is 25.9 Å². The Labute approximate surface area is 136 Å². The second kappa shape index (κ2) is 9.99. The number of aryl methyl sites for hydroxylation is 1. The third-order valence-electron chi connectivity index (χ3n) is 3.63. The zero-order valence-electron chi connectivity index (χ0n) is 14.1. The van der Waals surface area contributed by atoms with E-state index in [-0.39, 0.29) is 31.6 Å².